The Balaban J connectivity index is 0.000000561. The lowest BCUT2D eigenvalue weighted by molar-refractivity contribution is 1.33. The highest BCUT2D eigenvalue weighted by atomic mass is 16.3. The minimum absolute atomic E-state index is 0.324. The summed E-state index contributed by atoms with van der Waals surface area (Å²) in [5.74, 6) is 5.08. The van der Waals surface area contributed by atoms with Crippen LogP contribution >= 0.6 is 0 Å². The number of nitroso groups, excluding NO2 is 1. The molecule has 3 N–H and O–H groups in total. The van der Waals surface area contributed by atoms with Crippen LogP contribution in [-0.2, 0) is 0 Å². The molecule has 0 aliphatic heterocycles. The van der Waals surface area contributed by atoms with Crippen LogP contribution < -0.4 is 11.3 Å². The predicted octanol–water partition coefficient (Wildman–Crippen LogP) is 2.40. The number of nitrogens with two attached hydrogens (primary N) is 1. The van der Waals surface area contributed by atoms with Gasteiger partial charge in [-0.2, -0.15) is 0 Å². The van der Waals surface area contributed by atoms with Crippen molar-refractivity contribution in [3.63, 3.8) is 0 Å². The van der Waals surface area contributed by atoms with Crippen molar-refractivity contribution < 1.29 is 0 Å². The maximum Gasteiger partial charge on any atom is 0.132 e. The first kappa shape index (κ1) is 10.6. The van der Waals surface area contributed by atoms with Crippen LogP contribution in [0.25, 0.3) is 0 Å². The maximum atomic E-state index is 10.0. The molecule has 4 nitrogen and oxygen atoms in total. The Bertz CT molecular complexity index is 237. The molecule has 0 atom stereocenters. The number of benzene rings is 1. The van der Waals surface area contributed by atoms with Crippen LogP contribution in [0.3, 0.4) is 0 Å². The summed E-state index contributed by atoms with van der Waals surface area (Å²) in [6, 6.07) is 6.75. The second-order valence-corrected chi connectivity index (χ2v) is 1.75. The second-order valence-electron chi connectivity index (χ2n) is 1.75. The maximum absolute atomic E-state index is 10.0. The molecule has 1 aromatic rings. The van der Waals surface area contributed by atoms with E-state index < -0.39 is 0 Å². The van der Waals surface area contributed by atoms with Gasteiger partial charge in [-0.3, -0.25) is 5.84 Å². The molecule has 0 spiro atoms. The molecular weight excluding hydrogens is 154 g/mol. The summed E-state index contributed by atoms with van der Waals surface area (Å²) >= 11 is 0. The quantitative estimate of drug-likeness (QED) is 0.403. The lowest BCUT2D eigenvalue weighted by Gasteiger charge is -1.98. The molecule has 1 aromatic carbocycles. The van der Waals surface area contributed by atoms with Gasteiger partial charge in [-0.05, 0) is 17.3 Å². The average Bonchev–Trinajstić information content (AvgIpc) is 2.20. The van der Waals surface area contributed by atoms with Crippen LogP contribution in [0.5, 0.6) is 0 Å². The van der Waals surface area contributed by atoms with Crippen LogP contribution in [0.2, 0.25) is 0 Å². The predicted molar refractivity (Wildman–Crippen MR) is 51.1 cm³/mol. The number of nitrogens with zero attached hydrogens (tertiary/aromatic N) is 1. The molecule has 0 fully saturated rings. The Hall–Kier alpha value is -1.42. The van der Waals surface area contributed by atoms with Crippen molar-refractivity contribution in [3.05, 3.63) is 29.2 Å². The molecule has 0 saturated heterocycles. The molecule has 0 radical (unpaired) electrons. The van der Waals surface area contributed by atoms with E-state index in [1.54, 1.807) is 24.3 Å². The number of rotatable bonds is 2. The number of para-hydroxylation sites is 1. The molecule has 1 rings (SSSR count). The van der Waals surface area contributed by atoms with Crippen molar-refractivity contribution in [2.24, 2.45) is 11.0 Å². The smallest absolute Gasteiger partial charge is 0.132 e. The Morgan fingerprint density at radius 2 is 1.92 bits per heavy atom. The molecule has 0 heterocycles. The lowest BCUT2D eigenvalue weighted by Crippen LogP contribution is -2.06. The van der Waals surface area contributed by atoms with Gasteiger partial charge in [0.25, 0.3) is 0 Å². The molecule has 0 aromatic heterocycles. The summed E-state index contributed by atoms with van der Waals surface area (Å²) in [6.07, 6.45) is 0. The van der Waals surface area contributed by atoms with Crippen LogP contribution in [0.1, 0.15) is 13.8 Å². The molecular formula is C8H13N3O. The molecule has 0 saturated carbocycles. The minimum atomic E-state index is 0.324. The monoisotopic (exact) mass is 167 g/mol. The fourth-order valence-corrected chi connectivity index (χ4v) is 0.675. The zero-order valence-electron chi connectivity index (χ0n) is 7.24. The number of hydrazine groups is 1. The van der Waals surface area contributed by atoms with Crippen LogP contribution in [-0.4, -0.2) is 0 Å². The van der Waals surface area contributed by atoms with Gasteiger partial charge in [-0.25, -0.2) is 0 Å². The Morgan fingerprint density at radius 3 is 2.33 bits per heavy atom. The third kappa shape index (κ3) is 2.67. The van der Waals surface area contributed by atoms with Crippen molar-refractivity contribution >= 4 is 11.4 Å². The van der Waals surface area contributed by atoms with Crippen molar-refractivity contribution in [3.8, 4) is 0 Å². The minimum Gasteiger partial charge on any atom is -0.322 e. The van der Waals surface area contributed by atoms with Crippen molar-refractivity contribution in [2.45, 2.75) is 13.8 Å². The van der Waals surface area contributed by atoms with Crippen LogP contribution in [0.15, 0.2) is 29.4 Å². The fraction of sp³-hybridized carbons (Fsp3) is 0.250. The van der Waals surface area contributed by atoms with Crippen LogP contribution in [0.4, 0.5) is 11.4 Å². The van der Waals surface area contributed by atoms with E-state index in [9.17, 15) is 4.91 Å². The highest BCUT2D eigenvalue weighted by molar-refractivity contribution is 5.64. The van der Waals surface area contributed by atoms with E-state index in [-0.39, 0.29) is 0 Å². The zero-order valence-corrected chi connectivity index (χ0v) is 7.24. The summed E-state index contributed by atoms with van der Waals surface area (Å²) in [4.78, 5) is 10.0. The van der Waals surface area contributed by atoms with Gasteiger partial charge in [0, 0.05) is 0 Å². The number of hydrogen-bond acceptors (Lipinski definition) is 4. The Morgan fingerprint density at radius 1 is 1.33 bits per heavy atom. The summed E-state index contributed by atoms with van der Waals surface area (Å²) in [7, 11) is 0. The van der Waals surface area contributed by atoms with Gasteiger partial charge in [0.2, 0.25) is 0 Å². The number of nitrogens with one attached hydrogen (secondary N) is 1. The number of hydrogen-bond donors (Lipinski definition) is 2. The summed E-state index contributed by atoms with van der Waals surface area (Å²) in [5, 5.41) is 2.75. The molecule has 0 unspecified atom stereocenters. The Labute approximate surface area is 71.7 Å². The van der Waals surface area contributed by atoms with Gasteiger partial charge in [0.1, 0.15) is 5.69 Å². The molecule has 0 aliphatic rings. The highest BCUT2D eigenvalue weighted by Gasteiger charge is 1.96. The SMILES string of the molecule is CC.NNc1ccccc1N=O. The molecule has 0 bridgehead atoms. The first-order valence-electron chi connectivity index (χ1n) is 3.77. The average molecular weight is 167 g/mol. The fourth-order valence-electron chi connectivity index (χ4n) is 0.675. The van der Waals surface area contributed by atoms with Crippen molar-refractivity contribution in [1.82, 2.24) is 0 Å². The summed E-state index contributed by atoms with van der Waals surface area (Å²) in [6.45, 7) is 4.00. The number of nitrogen functional groups attached to an aromatic ring is 1. The lowest BCUT2D eigenvalue weighted by atomic mass is 10.3. The van der Waals surface area contributed by atoms with Gasteiger partial charge in [-0.1, -0.05) is 26.0 Å². The van der Waals surface area contributed by atoms with Gasteiger partial charge < -0.3 is 5.43 Å². The van der Waals surface area contributed by atoms with Gasteiger partial charge >= 0.3 is 0 Å². The molecule has 0 amide bonds. The third-order valence-electron chi connectivity index (χ3n) is 1.16. The van der Waals surface area contributed by atoms with E-state index in [1.165, 1.54) is 0 Å². The highest BCUT2D eigenvalue weighted by Crippen LogP contribution is 2.21. The normalized spacial score (nSPS) is 7.92. The zero-order chi connectivity index (χ0) is 9.40. The van der Waals surface area contributed by atoms with E-state index >= 15 is 0 Å². The van der Waals surface area contributed by atoms with Crippen LogP contribution in [0, 0.1) is 4.91 Å². The topological polar surface area (TPSA) is 67.5 Å². The van der Waals surface area contributed by atoms with E-state index in [0.29, 0.717) is 11.4 Å². The molecule has 66 valence electrons. The third-order valence-corrected chi connectivity index (χ3v) is 1.16. The first-order valence-corrected chi connectivity index (χ1v) is 3.77. The first-order chi connectivity index (χ1) is 5.88. The van der Waals surface area contributed by atoms with Crippen molar-refractivity contribution in [1.29, 1.82) is 0 Å². The van der Waals surface area contributed by atoms with E-state index in [2.05, 4.69) is 10.6 Å². The molecule has 0 aliphatic carbocycles. The standard InChI is InChI=1S/C6H7N3O.C2H6/c7-8-5-3-1-2-4-6(5)9-10;1-2/h1-4,8H,7H2;1-2H3. The second kappa shape index (κ2) is 6.30. The summed E-state index contributed by atoms with van der Waals surface area (Å²) < 4.78 is 0. The van der Waals surface area contributed by atoms with E-state index in [0.717, 1.165) is 0 Å². The molecule has 4 heteroatoms. The molecule has 12 heavy (non-hydrogen) atoms. The van der Waals surface area contributed by atoms with Gasteiger partial charge in [-0.15, -0.1) is 4.91 Å². The van der Waals surface area contributed by atoms with E-state index in [4.69, 9.17) is 5.84 Å². The Kier molecular flexibility index (Phi) is 5.55. The van der Waals surface area contributed by atoms with Crippen molar-refractivity contribution in [2.75, 3.05) is 5.43 Å². The largest absolute Gasteiger partial charge is 0.322 e. The van der Waals surface area contributed by atoms with Gasteiger partial charge in [0.15, 0.2) is 0 Å². The summed E-state index contributed by atoms with van der Waals surface area (Å²) in [5.41, 5.74) is 3.22. The number of anilines is 1. The van der Waals surface area contributed by atoms with Gasteiger partial charge in [0.05, 0.1) is 5.69 Å². The van der Waals surface area contributed by atoms with E-state index in [1.807, 2.05) is 13.8 Å².